The smallest absolute Gasteiger partial charge is 0.233 e. The predicted octanol–water partition coefficient (Wildman–Crippen LogP) is 0.0668. The van der Waals surface area contributed by atoms with E-state index in [4.69, 9.17) is 0 Å². The monoisotopic (exact) mass is 253 g/mol. The normalized spacial score (nSPS) is 22.2. The first kappa shape index (κ1) is 13.3. The summed E-state index contributed by atoms with van der Waals surface area (Å²) in [5.74, 6) is 0.579. The molecule has 102 valence electrons. The van der Waals surface area contributed by atoms with Gasteiger partial charge in [-0.05, 0) is 38.8 Å². The lowest BCUT2D eigenvalue weighted by molar-refractivity contribution is -0.136. The van der Waals surface area contributed by atoms with Crippen LogP contribution in [0.2, 0.25) is 0 Å². The number of piperidine rings is 1. The van der Waals surface area contributed by atoms with Crippen molar-refractivity contribution in [2.24, 2.45) is 5.92 Å². The maximum atomic E-state index is 12.2. The Kier molecular flexibility index (Phi) is 4.58. The summed E-state index contributed by atoms with van der Waals surface area (Å²) in [6.45, 7) is 4.06. The Morgan fingerprint density at radius 3 is 2.28 bits per heavy atom. The Bertz CT molecular complexity index is 305. The van der Waals surface area contributed by atoms with Gasteiger partial charge in [0.1, 0.15) is 0 Å². The van der Waals surface area contributed by atoms with Gasteiger partial charge in [-0.2, -0.15) is 0 Å². The van der Waals surface area contributed by atoms with Gasteiger partial charge in [-0.15, -0.1) is 0 Å². The zero-order valence-electron chi connectivity index (χ0n) is 11.2. The van der Waals surface area contributed by atoms with Crippen LogP contribution in [0.25, 0.3) is 0 Å². The largest absolute Gasteiger partial charge is 0.358 e. The first-order valence-corrected chi connectivity index (χ1v) is 6.92. The molecular formula is C13H23N3O2. The van der Waals surface area contributed by atoms with Gasteiger partial charge in [0.05, 0.1) is 6.54 Å². The molecule has 0 saturated carbocycles. The summed E-state index contributed by atoms with van der Waals surface area (Å²) in [6.07, 6.45) is 4.10. The molecule has 2 aliphatic rings. The van der Waals surface area contributed by atoms with Crippen LogP contribution in [-0.2, 0) is 9.59 Å². The summed E-state index contributed by atoms with van der Waals surface area (Å²) < 4.78 is 0. The number of likely N-dealkylation sites (tertiary alicyclic amines) is 2. The van der Waals surface area contributed by atoms with E-state index in [9.17, 15) is 9.59 Å². The molecule has 0 bridgehead atoms. The van der Waals surface area contributed by atoms with Gasteiger partial charge >= 0.3 is 0 Å². The van der Waals surface area contributed by atoms with Crippen LogP contribution in [0.3, 0.4) is 0 Å². The quantitative estimate of drug-likeness (QED) is 0.774. The summed E-state index contributed by atoms with van der Waals surface area (Å²) >= 11 is 0. The maximum absolute atomic E-state index is 12.2. The van der Waals surface area contributed by atoms with E-state index in [1.165, 1.54) is 0 Å². The highest BCUT2D eigenvalue weighted by Gasteiger charge is 2.29. The van der Waals surface area contributed by atoms with Crippen molar-refractivity contribution < 1.29 is 9.59 Å². The Morgan fingerprint density at radius 2 is 1.72 bits per heavy atom. The third-order valence-corrected chi connectivity index (χ3v) is 4.00. The van der Waals surface area contributed by atoms with Crippen molar-refractivity contribution in [3.8, 4) is 0 Å². The highest BCUT2D eigenvalue weighted by Crippen LogP contribution is 2.21. The topological polar surface area (TPSA) is 52.7 Å². The molecule has 0 atom stereocenters. The molecule has 0 aromatic heterocycles. The number of rotatable bonds is 3. The van der Waals surface area contributed by atoms with Crippen LogP contribution in [0.1, 0.15) is 25.7 Å². The minimum Gasteiger partial charge on any atom is -0.358 e. The molecule has 0 radical (unpaired) electrons. The standard InChI is InChI=1S/C13H23N3O2/c1-14-12(17)10-15-8-4-11(5-9-15)13(18)16-6-2-3-7-16/h11H,2-10H2,1H3,(H,14,17). The highest BCUT2D eigenvalue weighted by molar-refractivity contribution is 5.79. The van der Waals surface area contributed by atoms with Gasteiger partial charge in [-0.3, -0.25) is 14.5 Å². The number of hydrogen-bond acceptors (Lipinski definition) is 3. The fourth-order valence-electron chi connectivity index (χ4n) is 2.82. The molecule has 2 rings (SSSR count). The van der Waals surface area contributed by atoms with Crippen molar-refractivity contribution >= 4 is 11.8 Å². The minimum atomic E-state index is 0.0549. The second kappa shape index (κ2) is 6.18. The summed E-state index contributed by atoms with van der Waals surface area (Å²) in [5, 5.41) is 2.64. The fourth-order valence-corrected chi connectivity index (χ4v) is 2.82. The summed E-state index contributed by atoms with van der Waals surface area (Å²) in [7, 11) is 1.66. The van der Waals surface area contributed by atoms with Gasteiger partial charge in [0.15, 0.2) is 0 Å². The lowest BCUT2D eigenvalue weighted by atomic mass is 9.95. The average Bonchev–Trinajstić information content (AvgIpc) is 2.92. The third-order valence-electron chi connectivity index (χ3n) is 4.00. The van der Waals surface area contributed by atoms with Crippen molar-refractivity contribution in [1.82, 2.24) is 15.1 Å². The van der Waals surface area contributed by atoms with Crippen molar-refractivity contribution in [2.75, 3.05) is 39.8 Å². The summed E-state index contributed by atoms with van der Waals surface area (Å²) in [6, 6.07) is 0. The minimum absolute atomic E-state index is 0.0549. The van der Waals surface area contributed by atoms with Crippen molar-refractivity contribution in [3.05, 3.63) is 0 Å². The molecule has 2 fully saturated rings. The zero-order chi connectivity index (χ0) is 13.0. The molecule has 0 spiro atoms. The van der Waals surface area contributed by atoms with E-state index in [2.05, 4.69) is 10.2 Å². The number of amides is 2. The third kappa shape index (κ3) is 3.22. The molecule has 2 saturated heterocycles. The second-order valence-corrected chi connectivity index (χ2v) is 5.26. The van der Waals surface area contributed by atoms with Crippen molar-refractivity contribution in [1.29, 1.82) is 0 Å². The summed E-state index contributed by atoms with van der Waals surface area (Å²) in [5.41, 5.74) is 0. The molecule has 1 N–H and O–H groups in total. The second-order valence-electron chi connectivity index (χ2n) is 5.26. The van der Waals surface area contributed by atoms with Crippen LogP contribution < -0.4 is 5.32 Å². The van der Waals surface area contributed by atoms with Gasteiger partial charge in [-0.1, -0.05) is 0 Å². The Balaban J connectivity index is 1.75. The van der Waals surface area contributed by atoms with Crippen LogP contribution in [-0.4, -0.2) is 61.4 Å². The van der Waals surface area contributed by atoms with Gasteiger partial charge in [0.2, 0.25) is 11.8 Å². The van der Waals surface area contributed by atoms with Crippen LogP contribution >= 0.6 is 0 Å². The molecule has 5 heteroatoms. The van der Waals surface area contributed by atoms with E-state index in [1.54, 1.807) is 7.05 Å². The molecule has 0 aromatic carbocycles. The number of nitrogens with one attached hydrogen (secondary N) is 1. The van der Waals surface area contributed by atoms with Gasteiger partial charge < -0.3 is 10.2 Å². The highest BCUT2D eigenvalue weighted by atomic mass is 16.2. The van der Waals surface area contributed by atoms with Gasteiger partial charge in [0, 0.05) is 26.1 Å². The SMILES string of the molecule is CNC(=O)CN1CCC(C(=O)N2CCCC2)CC1. The molecule has 2 heterocycles. The molecule has 2 amide bonds. The van der Waals surface area contributed by atoms with Crippen molar-refractivity contribution in [2.45, 2.75) is 25.7 Å². The van der Waals surface area contributed by atoms with Crippen molar-refractivity contribution in [3.63, 3.8) is 0 Å². The number of carbonyl (C=O) groups excluding carboxylic acids is 2. The number of hydrogen-bond donors (Lipinski definition) is 1. The molecule has 18 heavy (non-hydrogen) atoms. The van der Waals surface area contributed by atoms with Crippen LogP contribution in [0.15, 0.2) is 0 Å². The van der Waals surface area contributed by atoms with Gasteiger partial charge in [-0.25, -0.2) is 0 Å². The zero-order valence-corrected chi connectivity index (χ0v) is 11.2. The van der Waals surface area contributed by atoms with E-state index >= 15 is 0 Å². The van der Waals surface area contributed by atoms with E-state index in [0.717, 1.165) is 51.9 Å². The summed E-state index contributed by atoms with van der Waals surface area (Å²) in [4.78, 5) is 27.6. The van der Waals surface area contributed by atoms with Crippen LogP contribution in [0, 0.1) is 5.92 Å². The molecule has 0 aromatic rings. The van der Waals surface area contributed by atoms with Gasteiger partial charge in [0.25, 0.3) is 0 Å². The molecule has 0 unspecified atom stereocenters. The first-order chi connectivity index (χ1) is 8.70. The van der Waals surface area contributed by atoms with Crippen LogP contribution in [0.4, 0.5) is 0 Å². The Labute approximate surface area is 108 Å². The maximum Gasteiger partial charge on any atom is 0.233 e. The first-order valence-electron chi connectivity index (χ1n) is 6.92. The lowest BCUT2D eigenvalue weighted by Crippen LogP contribution is -2.44. The average molecular weight is 253 g/mol. The lowest BCUT2D eigenvalue weighted by Gasteiger charge is -2.32. The molecular weight excluding hydrogens is 230 g/mol. The number of nitrogens with zero attached hydrogens (tertiary/aromatic N) is 2. The molecule has 2 aliphatic heterocycles. The number of likely N-dealkylation sites (N-methyl/N-ethyl adjacent to an activating group) is 1. The van der Waals surface area contributed by atoms with E-state index in [0.29, 0.717) is 12.5 Å². The fraction of sp³-hybridized carbons (Fsp3) is 0.846. The van der Waals surface area contributed by atoms with E-state index in [-0.39, 0.29) is 11.8 Å². The Hall–Kier alpha value is -1.10. The van der Waals surface area contributed by atoms with Crippen LogP contribution in [0.5, 0.6) is 0 Å². The van der Waals surface area contributed by atoms with E-state index < -0.39 is 0 Å². The number of carbonyl (C=O) groups is 2. The van der Waals surface area contributed by atoms with E-state index in [1.807, 2.05) is 4.90 Å². The molecule has 0 aliphatic carbocycles. The predicted molar refractivity (Wildman–Crippen MR) is 69.0 cm³/mol. The Morgan fingerprint density at radius 1 is 1.11 bits per heavy atom. The molecule has 5 nitrogen and oxygen atoms in total.